The Labute approximate surface area is 115 Å². The Bertz CT molecular complexity index is 496. The molecule has 2 rings (SSSR count). The number of aromatic nitrogens is 1. The first-order chi connectivity index (χ1) is 9.28. The molecule has 3 heteroatoms. The SMILES string of the molecule is Cc1cccc(CN(CCN)Cc2ccccc2)n1. The second kappa shape index (κ2) is 7.02. The number of benzene rings is 1. The third-order valence-electron chi connectivity index (χ3n) is 3.03. The van der Waals surface area contributed by atoms with E-state index in [1.807, 2.05) is 19.1 Å². The largest absolute Gasteiger partial charge is 0.329 e. The summed E-state index contributed by atoms with van der Waals surface area (Å²) in [6, 6.07) is 16.6. The number of nitrogens with zero attached hydrogens (tertiary/aromatic N) is 2. The molecule has 0 aliphatic rings. The minimum absolute atomic E-state index is 0.665. The van der Waals surface area contributed by atoms with Crippen LogP contribution in [0.15, 0.2) is 48.5 Å². The molecule has 1 heterocycles. The van der Waals surface area contributed by atoms with Crippen LogP contribution in [0.5, 0.6) is 0 Å². The fourth-order valence-electron chi connectivity index (χ4n) is 2.15. The quantitative estimate of drug-likeness (QED) is 0.861. The molecule has 0 atom stereocenters. The molecule has 0 aliphatic heterocycles. The van der Waals surface area contributed by atoms with Gasteiger partial charge in [-0.3, -0.25) is 9.88 Å². The van der Waals surface area contributed by atoms with Gasteiger partial charge in [0, 0.05) is 31.9 Å². The average molecular weight is 255 g/mol. The standard InChI is InChI=1S/C16H21N3/c1-14-6-5-9-16(18-14)13-19(11-10-17)12-15-7-3-2-4-8-15/h2-9H,10-13,17H2,1H3. The molecule has 2 aromatic rings. The van der Waals surface area contributed by atoms with E-state index in [-0.39, 0.29) is 0 Å². The minimum atomic E-state index is 0.665. The van der Waals surface area contributed by atoms with E-state index < -0.39 is 0 Å². The number of hydrogen-bond donors (Lipinski definition) is 1. The molecule has 1 aromatic carbocycles. The summed E-state index contributed by atoms with van der Waals surface area (Å²) in [5, 5.41) is 0. The molecule has 3 nitrogen and oxygen atoms in total. The van der Waals surface area contributed by atoms with Gasteiger partial charge in [0.2, 0.25) is 0 Å². The summed E-state index contributed by atoms with van der Waals surface area (Å²) in [5.74, 6) is 0. The first-order valence-corrected chi connectivity index (χ1v) is 6.67. The Hall–Kier alpha value is -1.71. The fraction of sp³-hybridized carbons (Fsp3) is 0.312. The summed E-state index contributed by atoms with van der Waals surface area (Å²) < 4.78 is 0. The lowest BCUT2D eigenvalue weighted by Crippen LogP contribution is -2.29. The van der Waals surface area contributed by atoms with Gasteiger partial charge in [-0.1, -0.05) is 36.4 Å². The Balaban J connectivity index is 2.04. The second-order valence-corrected chi connectivity index (χ2v) is 4.76. The molecular formula is C16H21N3. The van der Waals surface area contributed by atoms with Crippen molar-refractivity contribution in [3.8, 4) is 0 Å². The van der Waals surface area contributed by atoms with Gasteiger partial charge in [0.15, 0.2) is 0 Å². The van der Waals surface area contributed by atoms with Crippen molar-refractivity contribution in [1.82, 2.24) is 9.88 Å². The van der Waals surface area contributed by atoms with Crippen LogP contribution >= 0.6 is 0 Å². The molecule has 0 saturated heterocycles. The molecule has 0 spiro atoms. The van der Waals surface area contributed by atoms with Crippen LogP contribution in [-0.2, 0) is 13.1 Å². The minimum Gasteiger partial charge on any atom is -0.329 e. The third-order valence-corrected chi connectivity index (χ3v) is 3.03. The zero-order valence-electron chi connectivity index (χ0n) is 11.4. The van der Waals surface area contributed by atoms with E-state index >= 15 is 0 Å². The molecule has 0 fully saturated rings. The zero-order valence-corrected chi connectivity index (χ0v) is 11.4. The first-order valence-electron chi connectivity index (χ1n) is 6.67. The summed E-state index contributed by atoms with van der Waals surface area (Å²) in [6.45, 7) is 5.32. The highest BCUT2D eigenvalue weighted by Gasteiger charge is 2.07. The van der Waals surface area contributed by atoms with E-state index in [1.165, 1.54) is 5.56 Å². The number of rotatable bonds is 6. The normalized spacial score (nSPS) is 10.9. The van der Waals surface area contributed by atoms with E-state index in [9.17, 15) is 0 Å². The highest BCUT2D eigenvalue weighted by molar-refractivity contribution is 5.15. The Morgan fingerprint density at radius 2 is 1.79 bits per heavy atom. The second-order valence-electron chi connectivity index (χ2n) is 4.76. The van der Waals surface area contributed by atoms with E-state index in [1.54, 1.807) is 0 Å². The lowest BCUT2D eigenvalue weighted by molar-refractivity contribution is 0.261. The molecule has 0 saturated carbocycles. The van der Waals surface area contributed by atoms with E-state index in [0.29, 0.717) is 6.54 Å². The van der Waals surface area contributed by atoms with E-state index in [2.05, 4.69) is 46.3 Å². The van der Waals surface area contributed by atoms with Crippen molar-refractivity contribution >= 4 is 0 Å². The highest BCUT2D eigenvalue weighted by atomic mass is 15.1. The highest BCUT2D eigenvalue weighted by Crippen LogP contribution is 2.08. The summed E-state index contributed by atoms with van der Waals surface area (Å²) in [6.07, 6.45) is 0. The summed E-state index contributed by atoms with van der Waals surface area (Å²) in [4.78, 5) is 6.88. The molecule has 0 amide bonds. The van der Waals surface area contributed by atoms with Gasteiger partial charge in [-0.05, 0) is 24.6 Å². The van der Waals surface area contributed by atoms with Crippen LogP contribution in [0.1, 0.15) is 17.0 Å². The van der Waals surface area contributed by atoms with Crippen LogP contribution in [0.2, 0.25) is 0 Å². The van der Waals surface area contributed by atoms with Gasteiger partial charge in [-0.25, -0.2) is 0 Å². The molecule has 0 aliphatic carbocycles. The van der Waals surface area contributed by atoms with Crippen molar-refractivity contribution in [2.75, 3.05) is 13.1 Å². The maximum Gasteiger partial charge on any atom is 0.0547 e. The first kappa shape index (κ1) is 13.7. The van der Waals surface area contributed by atoms with Gasteiger partial charge in [0.1, 0.15) is 0 Å². The molecule has 19 heavy (non-hydrogen) atoms. The van der Waals surface area contributed by atoms with E-state index in [0.717, 1.165) is 31.0 Å². The smallest absolute Gasteiger partial charge is 0.0547 e. The molecule has 0 radical (unpaired) electrons. The monoisotopic (exact) mass is 255 g/mol. The van der Waals surface area contributed by atoms with Gasteiger partial charge < -0.3 is 5.73 Å². The zero-order chi connectivity index (χ0) is 13.5. The Kier molecular flexibility index (Phi) is 5.07. The van der Waals surface area contributed by atoms with Crippen LogP contribution in [0.4, 0.5) is 0 Å². The maximum atomic E-state index is 5.70. The van der Waals surface area contributed by atoms with Crippen LogP contribution in [0.25, 0.3) is 0 Å². The number of pyridine rings is 1. The lowest BCUT2D eigenvalue weighted by Gasteiger charge is -2.21. The van der Waals surface area contributed by atoms with Crippen LogP contribution < -0.4 is 5.73 Å². The van der Waals surface area contributed by atoms with Gasteiger partial charge in [0.05, 0.1) is 5.69 Å². The maximum absolute atomic E-state index is 5.70. The Morgan fingerprint density at radius 1 is 1.00 bits per heavy atom. The summed E-state index contributed by atoms with van der Waals surface area (Å²) in [5.41, 5.74) is 9.17. The van der Waals surface area contributed by atoms with Gasteiger partial charge in [0.25, 0.3) is 0 Å². The molecule has 100 valence electrons. The molecule has 0 bridgehead atoms. The molecule has 1 aromatic heterocycles. The van der Waals surface area contributed by atoms with Gasteiger partial charge >= 0.3 is 0 Å². The summed E-state index contributed by atoms with van der Waals surface area (Å²) >= 11 is 0. The number of aryl methyl sites for hydroxylation is 1. The van der Waals surface area contributed by atoms with Gasteiger partial charge in [-0.15, -0.1) is 0 Å². The number of hydrogen-bond acceptors (Lipinski definition) is 3. The average Bonchev–Trinajstić information content (AvgIpc) is 2.40. The molecular weight excluding hydrogens is 234 g/mol. The van der Waals surface area contributed by atoms with Crippen molar-refractivity contribution in [2.45, 2.75) is 20.0 Å². The van der Waals surface area contributed by atoms with Crippen LogP contribution in [0.3, 0.4) is 0 Å². The molecule has 0 unspecified atom stereocenters. The van der Waals surface area contributed by atoms with Crippen LogP contribution in [-0.4, -0.2) is 23.0 Å². The van der Waals surface area contributed by atoms with Gasteiger partial charge in [-0.2, -0.15) is 0 Å². The number of nitrogens with two attached hydrogens (primary N) is 1. The van der Waals surface area contributed by atoms with Crippen molar-refractivity contribution < 1.29 is 0 Å². The topological polar surface area (TPSA) is 42.1 Å². The van der Waals surface area contributed by atoms with Crippen LogP contribution in [0, 0.1) is 6.92 Å². The van der Waals surface area contributed by atoms with Crippen molar-refractivity contribution in [2.24, 2.45) is 5.73 Å². The predicted octanol–water partition coefficient (Wildman–Crippen LogP) is 2.35. The predicted molar refractivity (Wildman–Crippen MR) is 78.6 cm³/mol. The third kappa shape index (κ3) is 4.47. The lowest BCUT2D eigenvalue weighted by atomic mass is 10.2. The van der Waals surface area contributed by atoms with E-state index in [4.69, 9.17) is 5.73 Å². The fourth-order valence-corrected chi connectivity index (χ4v) is 2.15. The molecule has 2 N–H and O–H groups in total. The van der Waals surface area contributed by atoms with Crippen molar-refractivity contribution in [3.63, 3.8) is 0 Å². The van der Waals surface area contributed by atoms with Crippen molar-refractivity contribution in [3.05, 3.63) is 65.5 Å². The Morgan fingerprint density at radius 3 is 2.47 bits per heavy atom. The summed E-state index contributed by atoms with van der Waals surface area (Å²) in [7, 11) is 0. The van der Waals surface area contributed by atoms with Crippen molar-refractivity contribution in [1.29, 1.82) is 0 Å².